The number of aromatic nitrogens is 1. The molecule has 0 bridgehead atoms. The quantitative estimate of drug-likeness (QED) is 0.235. The number of rotatable bonds is 9. The zero-order valence-electron chi connectivity index (χ0n) is 21.8. The number of anilines is 1. The molecule has 0 radical (unpaired) electrons. The van der Waals surface area contributed by atoms with Gasteiger partial charge in [0.2, 0.25) is 5.91 Å². The third-order valence-corrected chi connectivity index (χ3v) is 7.42. The third kappa shape index (κ3) is 5.99. The Labute approximate surface area is 227 Å². The zero-order valence-corrected chi connectivity index (χ0v) is 22.6. The molecule has 1 heterocycles. The molecule has 0 spiro atoms. The van der Waals surface area contributed by atoms with Gasteiger partial charge < -0.3 is 14.8 Å². The van der Waals surface area contributed by atoms with Gasteiger partial charge in [0.15, 0.2) is 0 Å². The van der Waals surface area contributed by atoms with Crippen molar-refractivity contribution in [1.29, 1.82) is 5.26 Å². The Hall–Kier alpha value is -4.28. The van der Waals surface area contributed by atoms with Gasteiger partial charge in [0, 0.05) is 22.4 Å². The number of benzene rings is 3. The number of amides is 1. The normalized spacial score (nSPS) is 11.3. The molecule has 3 aromatic carbocycles. The number of thioether (sulfide) groups is 1. The van der Waals surface area contributed by atoms with E-state index in [1.54, 1.807) is 14.2 Å². The third-order valence-electron chi connectivity index (χ3n) is 6.07. The number of hydrogen-bond acceptors (Lipinski definition) is 6. The number of carbonyl (C=O) groups excluding carboxylic acids is 1. The number of nitrogens with one attached hydrogen (secondary N) is 1. The van der Waals surface area contributed by atoms with Gasteiger partial charge in [0.05, 0.1) is 30.7 Å². The molecule has 0 aliphatic heterocycles. The molecule has 6 nitrogen and oxygen atoms in total. The fourth-order valence-corrected chi connectivity index (χ4v) is 5.14. The van der Waals surface area contributed by atoms with Crippen molar-refractivity contribution < 1.29 is 14.3 Å². The number of carbonyl (C=O) groups is 1. The monoisotopic (exact) mass is 523 g/mol. The highest BCUT2D eigenvalue weighted by Gasteiger charge is 2.24. The Bertz CT molecular complexity index is 1480. The first kappa shape index (κ1) is 26.8. The van der Waals surface area contributed by atoms with E-state index in [-0.39, 0.29) is 5.91 Å². The van der Waals surface area contributed by atoms with E-state index in [1.165, 1.54) is 11.8 Å². The van der Waals surface area contributed by atoms with Crippen LogP contribution in [0, 0.1) is 18.3 Å². The summed E-state index contributed by atoms with van der Waals surface area (Å²) < 4.78 is 11.1. The molecule has 1 amide bonds. The summed E-state index contributed by atoms with van der Waals surface area (Å²) in [7, 11) is 3.19. The summed E-state index contributed by atoms with van der Waals surface area (Å²) in [4.78, 5) is 18.2. The minimum Gasteiger partial charge on any atom is -0.497 e. The first-order valence-electron chi connectivity index (χ1n) is 12.2. The van der Waals surface area contributed by atoms with Crippen LogP contribution in [0.5, 0.6) is 11.5 Å². The van der Waals surface area contributed by atoms with Gasteiger partial charge in [-0.3, -0.25) is 4.79 Å². The van der Waals surface area contributed by atoms with Crippen molar-refractivity contribution >= 4 is 23.4 Å². The van der Waals surface area contributed by atoms with Crippen LogP contribution in [0.3, 0.4) is 0 Å². The lowest BCUT2D eigenvalue weighted by Crippen LogP contribution is -2.25. The number of methoxy groups -OCH3 is 2. The summed E-state index contributed by atoms with van der Waals surface area (Å²) in [5.41, 5.74) is 5.14. The number of nitrogens with zero attached hydrogens (tertiary/aromatic N) is 2. The predicted molar refractivity (Wildman–Crippen MR) is 153 cm³/mol. The van der Waals surface area contributed by atoms with Crippen LogP contribution in [-0.2, 0) is 4.79 Å². The molecule has 0 saturated heterocycles. The Morgan fingerprint density at radius 2 is 1.79 bits per heavy atom. The second-order valence-corrected chi connectivity index (χ2v) is 9.84. The van der Waals surface area contributed by atoms with Gasteiger partial charge in [-0.05, 0) is 55.3 Å². The summed E-state index contributed by atoms with van der Waals surface area (Å²) >= 11 is 1.29. The maximum atomic E-state index is 13.3. The molecule has 1 unspecified atom stereocenters. The van der Waals surface area contributed by atoms with E-state index < -0.39 is 5.25 Å². The van der Waals surface area contributed by atoms with Gasteiger partial charge >= 0.3 is 0 Å². The highest BCUT2D eigenvalue weighted by Crippen LogP contribution is 2.41. The van der Waals surface area contributed by atoms with Crippen LogP contribution in [0.4, 0.5) is 5.69 Å². The number of ether oxygens (including phenoxy) is 2. The number of pyridine rings is 1. The van der Waals surface area contributed by atoms with Gasteiger partial charge in [-0.1, -0.05) is 61.2 Å². The molecule has 4 aromatic rings. The summed E-state index contributed by atoms with van der Waals surface area (Å²) in [5.74, 6) is 1.10. The molecule has 0 aliphatic rings. The minimum absolute atomic E-state index is 0.139. The van der Waals surface area contributed by atoms with Crippen LogP contribution in [0.15, 0.2) is 83.9 Å². The molecule has 1 atom stereocenters. The second-order valence-electron chi connectivity index (χ2n) is 8.65. The zero-order chi connectivity index (χ0) is 27.1. The van der Waals surface area contributed by atoms with Gasteiger partial charge in [0.25, 0.3) is 0 Å². The molecule has 0 saturated carbocycles. The molecule has 0 aliphatic carbocycles. The lowest BCUT2D eigenvalue weighted by Gasteiger charge is -2.18. The highest BCUT2D eigenvalue weighted by molar-refractivity contribution is 8.00. The molecule has 38 heavy (non-hydrogen) atoms. The molecule has 192 valence electrons. The first-order chi connectivity index (χ1) is 18.5. The average Bonchev–Trinajstić information content (AvgIpc) is 2.95. The SMILES string of the molecule is CCC(Sc1nc(-c2ccccc2)cc(-c2cc(OC)ccc2OC)c1C#N)C(=O)Nc1cccc(C)c1. The maximum absolute atomic E-state index is 13.3. The summed E-state index contributed by atoms with van der Waals surface area (Å²) in [6, 6.07) is 27.2. The number of hydrogen-bond donors (Lipinski definition) is 1. The van der Waals surface area contributed by atoms with E-state index in [0.717, 1.165) is 16.8 Å². The standard InChI is InChI=1S/C31H29N3O3S/c1-5-29(30(35)33-22-13-9-10-20(2)16-22)38-31-26(19-32)24(18-27(34-31)21-11-7-6-8-12-21)25-17-23(36-3)14-15-28(25)37-4/h6-18,29H,5H2,1-4H3,(H,33,35). The topological polar surface area (TPSA) is 84.2 Å². The van der Waals surface area contributed by atoms with Crippen LogP contribution in [0.1, 0.15) is 24.5 Å². The van der Waals surface area contributed by atoms with Gasteiger partial charge in [-0.15, -0.1) is 0 Å². The number of nitriles is 1. The maximum Gasteiger partial charge on any atom is 0.237 e. The first-order valence-corrected chi connectivity index (χ1v) is 13.1. The molecule has 0 fully saturated rings. The van der Waals surface area contributed by atoms with E-state index in [0.29, 0.717) is 45.3 Å². The summed E-state index contributed by atoms with van der Waals surface area (Å²) in [6.07, 6.45) is 0.558. The van der Waals surface area contributed by atoms with Crippen LogP contribution >= 0.6 is 11.8 Å². The van der Waals surface area contributed by atoms with Crippen molar-refractivity contribution in [3.05, 3.63) is 90.0 Å². The lowest BCUT2D eigenvalue weighted by atomic mass is 9.98. The average molecular weight is 524 g/mol. The fraction of sp³-hybridized carbons (Fsp3) is 0.194. The van der Waals surface area contributed by atoms with Crippen LogP contribution < -0.4 is 14.8 Å². The molecule has 1 N–H and O–H groups in total. The van der Waals surface area contributed by atoms with E-state index in [2.05, 4.69) is 11.4 Å². The fourth-order valence-electron chi connectivity index (χ4n) is 4.11. The van der Waals surface area contributed by atoms with Crippen molar-refractivity contribution in [2.75, 3.05) is 19.5 Å². The molecular weight excluding hydrogens is 494 g/mol. The Balaban J connectivity index is 1.83. The Morgan fingerprint density at radius 3 is 2.45 bits per heavy atom. The summed E-state index contributed by atoms with van der Waals surface area (Å²) in [6.45, 7) is 3.93. The highest BCUT2D eigenvalue weighted by atomic mass is 32.2. The van der Waals surface area contributed by atoms with E-state index >= 15 is 0 Å². The van der Waals surface area contributed by atoms with Crippen molar-refractivity contribution in [2.24, 2.45) is 0 Å². The predicted octanol–water partition coefficient (Wildman–Crippen LogP) is 7.12. The van der Waals surface area contributed by atoms with E-state index in [4.69, 9.17) is 14.5 Å². The van der Waals surface area contributed by atoms with Crippen molar-refractivity contribution in [3.63, 3.8) is 0 Å². The Morgan fingerprint density at radius 1 is 1.00 bits per heavy atom. The largest absolute Gasteiger partial charge is 0.497 e. The van der Waals surface area contributed by atoms with Gasteiger partial charge in [-0.2, -0.15) is 5.26 Å². The van der Waals surface area contributed by atoms with E-state index in [9.17, 15) is 10.1 Å². The molecule has 7 heteroatoms. The van der Waals surface area contributed by atoms with E-state index in [1.807, 2.05) is 92.7 Å². The van der Waals surface area contributed by atoms with Crippen molar-refractivity contribution in [3.8, 4) is 40.0 Å². The minimum atomic E-state index is -0.457. The van der Waals surface area contributed by atoms with Crippen LogP contribution in [0.2, 0.25) is 0 Å². The lowest BCUT2D eigenvalue weighted by molar-refractivity contribution is -0.115. The molecule has 1 aromatic heterocycles. The van der Waals surface area contributed by atoms with Crippen molar-refractivity contribution in [1.82, 2.24) is 4.98 Å². The van der Waals surface area contributed by atoms with Gasteiger partial charge in [0.1, 0.15) is 22.6 Å². The van der Waals surface area contributed by atoms with Gasteiger partial charge in [-0.25, -0.2) is 4.98 Å². The summed E-state index contributed by atoms with van der Waals surface area (Å²) in [5, 5.41) is 13.4. The molecular formula is C31H29N3O3S. The number of aryl methyl sites for hydroxylation is 1. The smallest absolute Gasteiger partial charge is 0.237 e. The molecule has 4 rings (SSSR count). The second kappa shape index (κ2) is 12.3. The van der Waals surface area contributed by atoms with Crippen molar-refractivity contribution in [2.45, 2.75) is 30.5 Å². The van der Waals surface area contributed by atoms with Crippen LogP contribution in [0.25, 0.3) is 22.4 Å². The Kier molecular flexibility index (Phi) is 8.67. The van der Waals surface area contributed by atoms with Crippen LogP contribution in [-0.4, -0.2) is 30.4 Å².